The number of carbonyl (C=O) groups excluding carboxylic acids is 2. The van der Waals surface area contributed by atoms with E-state index in [2.05, 4.69) is 16.0 Å². The van der Waals surface area contributed by atoms with Crippen LogP contribution in [0.15, 0.2) is 24.3 Å². The lowest BCUT2D eigenvalue weighted by molar-refractivity contribution is -0.123. The lowest BCUT2D eigenvalue weighted by atomic mass is 10.1. The van der Waals surface area contributed by atoms with E-state index in [0.29, 0.717) is 11.4 Å². The summed E-state index contributed by atoms with van der Waals surface area (Å²) >= 11 is 0. The molecule has 6 heteroatoms. The van der Waals surface area contributed by atoms with Crippen LogP contribution >= 0.6 is 0 Å². The highest BCUT2D eigenvalue weighted by atomic mass is 16.2. The average molecular weight is 278 g/mol. The normalized spacial score (nSPS) is 12.4. The molecular weight excluding hydrogens is 256 g/mol. The standard InChI is InChI=1S/C14H22N4O2/c1-9(12(19)18-14(2,3)4)16-13(20)17-11-7-5-6-10(15)8-11/h5-9H,15H2,1-4H3,(H,18,19)(H2,16,17,20). The van der Waals surface area contributed by atoms with Crippen LogP contribution in [0.2, 0.25) is 0 Å². The van der Waals surface area contributed by atoms with Crippen molar-refractivity contribution in [3.8, 4) is 0 Å². The monoisotopic (exact) mass is 278 g/mol. The first-order valence-electron chi connectivity index (χ1n) is 6.42. The fourth-order valence-corrected chi connectivity index (χ4v) is 1.52. The molecule has 110 valence electrons. The maximum absolute atomic E-state index is 11.8. The van der Waals surface area contributed by atoms with E-state index in [4.69, 9.17) is 5.73 Å². The zero-order valence-electron chi connectivity index (χ0n) is 12.3. The van der Waals surface area contributed by atoms with Gasteiger partial charge in [0.15, 0.2) is 0 Å². The Kier molecular flexibility index (Phi) is 4.96. The van der Waals surface area contributed by atoms with E-state index in [0.717, 1.165) is 0 Å². The Morgan fingerprint density at radius 2 is 1.90 bits per heavy atom. The molecule has 0 aliphatic rings. The van der Waals surface area contributed by atoms with E-state index < -0.39 is 12.1 Å². The molecule has 0 aliphatic carbocycles. The van der Waals surface area contributed by atoms with Crippen LogP contribution in [0.3, 0.4) is 0 Å². The molecule has 6 nitrogen and oxygen atoms in total. The van der Waals surface area contributed by atoms with Crippen LogP contribution in [-0.4, -0.2) is 23.5 Å². The average Bonchev–Trinajstić information content (AvgIpc) is 2.26. The van der Waals surface area contributed by atoms with Crippen LogP contribution in [0.4, 0.5) is 16.2 Å². The first-order chi connectivity index (χ1) is 9.17. The summed E-state index contributed by atoms with van der Waals surface area (Å²) in [6, 6.07) is 5.74. The van der Waals surface area contributed by atoms with Gasteiger partial charge in [0.25, 0.3) is 0 Å². The molecule has 1 rings (SSSR count). The van der Waals surface area contributed by atoms with Crippen LogP contribution in [-0.2, 0) is 4.79 Å². The van der Waals surface area contributed by atoms with E-state index >= 15 is 0 Å². The zero-order chi connectivity index (χ0) is 15.3. The smallest absolute Gasteiger partial charge is 0.319 e. The van der Waals surface area contributed by atoms with E-state index in [1.165, 1.54) is 0 Å². The lowest BCUT2D eigenvalue weighted by Gasteiger charge is -2.23. The van der Waals surface area contributed by atoms with Crippen molar-refractivity contribution in [3.63, 3.8) is 0 Å². The molecule has 0 saturated carbocycles. The van der Waals surface area contributed by atoms with E-state index in [1.54, 1.807) is 31.2 Å². The summed E-state index contributed by atoms with van der Waals surface area (Å²) in [5.74, 6) is -0.236. The second kappa shape index (κ2) is 6.27. The van der Waals surface area contributed by atoms with Gasteiger partial charge in [0, 0.05) is 16.9 Å². The lowest BCUT2D eigenvalue weighted by Crippen LogP contribution is -2.51. The molecule has 0 bridgehead atoms. The summed E-state index contributed by atoms with van der Waals surface area (Å²) in [5, 5.41) is 7.98. The van der Waals surface area contributed by atoms with E-state index in [9.17, 15) is 9.59 Å². The zero-order valence-corrected chi connectivity index (χ0v) is 12.3. The molecule has 0 radical (unpaired) electrons. The minimum absolute atomic E-state index is 0.236. The van der Waals surface area contributed by atoms with Gasteiger partial charge in [0.2, 0.25) is 5.91 Å². The van der Waals surface area contributed by atoms with Gasteiger partial charge in [-0.15, -0.1) is 0 Å². The highest BCUT2D eigenvalue weighted by Gasteiger charge is 2.20. The molecule has 5 N–H and O–H groups in total. The molecular formula is C14H22N4O2. The highest BCUT2D eigenvalue weighted by Crippen LogP contribution is 2.11. The van der Waals surface area contributed by atoms with Crippen LogP contribution < -0.4 is 21.7 Å². The van der Waals surface area contributed by atoms with Gasteiger partial charge in [-0.3, -0.25) is 4.79 Å². The fraction of sp³-hybridized carbons (Fsp3) is 0.429. The molecule has 1 aromatic carbocycles. The summed E-state index contributed by atoms with van der Waals surface area (Å²) in [7, 11) is 0. The van der Waals surface area contributed by atoms with Crippen LogP contribution in [0.25, 0.3) is 0 Å². The third-order valence-corrected chi connectivity index (χ3v) is 2.38. The van der Waals surface area contributed by atoms with Gasteiger partial charge in [-0.2, -0.15) is 0 Å². The van der Waals surface area contributed by atoms with Gasteiger partial charge in [-0.05, 0) is 45.9 Å². The van der Waals surface area contributed by atoms with Crippen molar-refractivity contribution in [1.29, 1.82) is 0 Å². The number of nitrogen functional groups attached to an aromatic ring is 1. The molecule has 20 heavy (non-hydrogen) atoms. The number of amides is 3. The summed E-state index contributed by atoms with van der Waals surface area (Å²) in [6.07, 6.45) is 0. The Balaban J connectivity index is 2.52. The van der Waals surface area contributed by atoms with Crippen molar-refractivity contribution in [3.05, 3.63) is 24.3 Å². The Hall–Kier alpha value is -2.24. The second-order valence-corrected chi connectivity index (χ2v) is 5.68. The molecule has 0 aliphatic heterocycles. The number of urea groups is 1. The van der Waals surface area contributed by atoms with Crippen molar-refractivity contribution in [2.45, 2.75) is 39.3 Å². The summed E-state index contributed by atoms with van der Waals surface area (Å²) in [4.78, 5) is 23.6. The molecule has 0 spiro atoms. The van der Waals surface area contributed by atoms with Crippen molar-refractivity contribution >= 4 is 23.3 Å². The number of nitrogens with two attached hydrogens (primary N) is 1. The SMILES string of the molecule is CC(NC(=O)Nc1cccc(N)c1)C(=O)NC(C)(C)C. The van der Waals surface area contributed by atoms with Crippen molar-refractivity contribution in [2.24, 2.45) is 0 Å². The van der Waals surface area contributed by atoms with Crippen LogP contribution in [0, 0.1) is 0 Å². The predicted molar refractivity (Wildman–Crippen MR) is 80.4 cm³/mol. The third-order valence-electron chi connectivity index (χ3n) is 2.38. The molecule has 1 unspecified atom stereocenters. The maximum atomic E-state index is 11.8. The topological polar surface area (TPSA) is 96.2 Å². The van der Waals surface area contributed by atoms with Crippen LogP contribution in [0.5, 0.6) is 0 Å². The number of nitrogens with one attached hydrogen (secondary N) is 3. The second-order valence-electron chi connectivity index (χ2n) is 5.68. The van der Waals surface area contributed by atoms with Crippen molar-refractivity contribution in [2.75, 3.05) is 11.1 Å². The summed E-state index contributed by atoms with van der Waals surface area (Å²) in [5.41, 5.74) is 6.41. The Labute approximate surface area is 119 Å². The predicted octanol–water partition coefficient (Wildman–Crippen LogP) is 1.69. The van der Waals surface area contributed by atoms with E-state index in [-0.39, 0.29) is 11.4 Å². The minimum Gasteiger partial charge on any atom is -0.399 e. The van der Waals surface area contributed by atoms with Crippen molar-refractivity contribution in [1.82, 2.24) is 10.6 Å². The van der Waals surface area contributed by atoms with Crippen molar-refractivity contribution < 1.29 is 9.59 Å². The number of hydrogen-bond donors (Lipinski definition) is 4. The molecule has 0 aromatic heterocycles. The van der Waals surface area contributed by atoms with Gasteiger partial charge in [0.1, 0.15) is 6.04 Å². The molecule has 0 saturated heterocycles. The number of anilines is 2. The molecule has 3 amide bonds. The minimum atomic E-state index is -0.629. The molecule has 1 aromatic rings. The largest absolute Gasteiger partial charge is 0.399 e. The molecule has 0 fully saturated rings. The fourth-order valence-electron chi connectivity index (χ4n) is 1.52. The van der Waals surface area contributed by atoms with Gasteiger partial charge in [-0.25, -0.2) is 4.79 Å². The molecule has 1 atom stereocenters. The quantitative estimate of drug-likeness (QED) is 0.633. The molecule has 0 heterocycles. The number of benzene rings is 1. The van der Waals surface area contributed by atoms with Gasteiger partial charge in [0.05, 0.1) is 0 Å². The van der Waals surface area contributed by atoms with Gasteiger partial charge in [-0.1, -0.05) is 6.07 Å². The number of carbonyl (C=O) groups is 2. The van der Waals surface area contributed by atoms with Gasteiger partial charge < -0.3 is 21.7 Å². The Bertz CT molecular complexity index is 494. The van der Waals surface area contributed by atoms with Gasteiger partial charge >= 0.3 is 6.03 Å². The third kappa shape index (κ3) is 5.60. The van der Waals surface area contributed by atoms with E-state index in [1.807, 2.05) is 20.8 Å². The Morgan fingerprint density at radius 3 is 2.45 bits per heavy atom. The summed E-state index contributed by atoms with van der Waals surface area (Å²) in [6.45, 7) is 7.26. The maximum Gasteiger partial charge on any atom is 0.319 e. The number of hydrogen-bond acceptors (Lipinski definition) is 3. The Morgan fingerprint density at radius 1 is 1.25 bits per heavy atom. The first-order valence-corrected chi connectivity index (χ1v) is 6.42. The van der Waals surface area contributed by atoms with Crippen LogP contribution in [0.1, 0.15) is 27.7 Å². The highest BCUT2D eigenvalue weighted by molar-refractivity contribution is 5.93. The summed E-state index contributed by atoms with van der Waals surface area (Å²) < 4.78 is 0. The number of rotatable bonds is 3. The first kappa shape index (κ1) is 15.8.